The Labute approximate surface area is 170 Å². The maximum atomic E-state index is 12.7. The Bertz CT molecular complexity index is 852. The van der Waals surface area contributed by atoms with Crippen LogP contribution >= 0.6 is 0 Å². The summed E-state index contributed by atoms with van der Waals surface area (Å²) in [6.07, 6.45) is 8.35. The Morgan fingerprint density at radius 1 is 1.14 bits per heavy atom. The van der Waals surface area contributed by atoms with Crippen molar-refractivity contribution in [2.24, 2.45) is 5.92 Å². The molecule has 2 fully saturated rings. The number of rotatable bonds is 7. The van der Waals surface area contributed by atoms with Crippen LogP contribution in [0.25, 0.3) is 0 Å². The molecule has 2 aliphatic rings. The third-order valence-electron chi connectivity index (χ3n) is 5.55. The Kier molecular flexibility index (Phi) is 6.03. The summed E-state index contributed by atoms with van der Waals surface area (Å²) < 4.78 is 6.03. The summed E-state index contributed by atoms with van der Waals surface area (Å²) in [5, 5.41) is 2.96. The molecule has 0 spiro atoms. The summed E-state index contributed by atoms with van der Waals surface area (Å²) >= 11 is 0. The van der Waals surface area contributed by atoms with E-state index in [-0.39, 0.29) is 30.3 Å². The Hall–Kier alpha value is -2.96. The molecule has 7 nitrogen and oxygen atoms in total. The Balaban J connectivity index is 1.31. The van der Waals surface area contributed by atoms with Gasteiger partial charge in [-0.1, -0.05) is 12.1 Å². The number of likely N-dealkylation sites (tertiary alicyclic amines) is 1. The van der Waals surface area contributed by atoms with Crippen molar-refractivity contribution >= 4 is 11.8 Å². The van der Waals surface area contributed by atoms with E-state index in [0.717, 1.165) is 24.1 Å². The van der Waals surface area contributed by atoms with Gasteiger partial charge in [0.15, 0.2) is 0 Å². The van der Waals surface area contributed by atoms with E-state index in [1.807, 2.05) is 30.3 Å². The first-order valence-electron chi connectivity index (χ1n) is 10.2. The van der Waals surface area contributed by atoms with Crippen LogP contribution in [0.3, 0.4) is 0 Å². The average molecular weight is 394 g/mol. The van der Waals surface area contributed by atoms with E-state index in [1.54, 1.807) is 17.3 Å². The minimum Gasteiger partial charge on any atom is -0.474 e. The third-order valence-corrected chi connectivity index (χ3v) is 5.55. The van der Waals surface area contributed by atoms with E-state index in [4.69, 9.17) is 4.74 Å². The zero-order valence-electron chi connectivity index (χ0n) is 16.4. The van der Waals surface area contributed by atoms with E-state index in [2.05, 4.69) is 15.3 Å². The molecule has 2 aromatic rings. The predicted octanol–water partition coefficient (Wildman–Crippen LogP) is 2.46. The van der Waals surface area contributed by atoms with Crippen molar-refractivity contribution in [2.45, 2.75) is 51.3 Å². The fourth-order valence-electron chi connectivity index (χ4n) is 3.94. The monoisotopic (exact) mass is 394 g/mol. The van der Waals surface area contributed by atoms with Crippen LogP contribution in [0.4, 0.5) is 0 Å². The summed E-state index contributed by atoms with van der Waals surface area (Å²) in [6, 6.07) is 9.39. The molecule has 3 heterocycles. The van der Waals surface area contributed by atoms with Crippen LogP contribution in [0.1, 0.15) is 43.4 Å². The number of nitrogens with zero attached hydrogens (tertiary/aromatic N) is 3. The highest BCUT2D eigenvalue weighted by Gasteiger charge is 2.34. The number of aromatic nitrogens is 2. The summed E-state index contributed by atoms with van der Waals surface area (Å²) in [5.41, 5.74) is 1.69. The van der Waals surface area contributed by atoms with Crippen LogP contribution in [-0.2, 0) is 22.7 Å². The van der Waals surface area contributed by atoms with E-state index in [9.17, 15) is 9.59 Å². The highest BCUT2D eigenvalue weighted by molar-refractivity contribution is 5.89. The van der Waals surface area contributed by atoms with Gasteiger partial charge in [-0.2, -0.15) is 0 Å². The molecule has 29 heavy (non-hydrogen) atoms. The SMILES string of the molecule is O=C(NCc1cccnc1OC1CCCC1)[C@@H]1CC(=O)N(Cc2ccccn2)C1. The van der Waals surface area contributed by atoms with Crippen LogP contribution in [0.15, 0.2) is 42.7 Å². The number of carbonyl (C=O) groups is 2. The number of amides is 2. The Morgan fingerprint density at radius 2 is 1.97 bits per heavy atom. The number of ether oxygens (including phenoxy) is 1. The predicted molar refractivity (Wildman–Crippen MR) is 107 cm³/mol. The summed E-state index contributed by atoms with van der Waals surface area (Å²) in [5.74, 6) is 0.126. The smallest absolute Gasteiger partial charge is 0.225 e. The molecule has 4 rings (SSSR count). The first kappa shape index (κ1) is 19.4. The molecule has 0 bridgehead atoms. The largest absolute Gasteiger partial charge is 0.474 e. The maximum absolute atomic E-state index is 12.7. The third kappa shape index (κ3) is 4.91. The van der Waals surface area contributed by atoms with Crippen molar-refractivity contribution in [1.82, 2.24) is 20.2 Å². The minimum atomic E-state index is -0.345. The first-order chi connectivity index (χ1) is 14.2. The number of nitrogens with one attached hydrogen (secondary N) is 1. The van der Waals surface area contributed by atoms with Gasteiger partial charge in [0.25, 0.3) is 0 Å². The lowest BCUT2D eigenvalue weighted by atomic mass is 10.1. The molecule has 2 amide bonds. The molecule has 1 aliphatic carbocycles. The van der Waals surface area contributed by atoms with Crippen LogP contribution in [-0.4, -0.2) is 39.3 Å². The highest BCUT2D eigenvalue weighted by Crippen LogP contribution is 2.25. The van der Waals surface area contributed by atoms with Gasteiger partial charge in [-0.05, 0) is 43.9 Å². The molecule has 1 saturated carbocycles. The molecule has 2 aromatic heterocycles. The molecule has 0 radical (unpaired) electrons. The lowest BCUT2D eigenvalue weighted by molar-refractivity contribution is -0.129. The molecule has 152 valence electrons. The fraction of sp³-hybridized carbons (Fsp3) is 0.455. The molecule has 0 unspecified atom stereocenters. The quantitative estimate of drug-likeness (QED) is 0.780. The molecule has 7 heteroatoms. The van der Waals surface area contributed by atoms with Gasteiger partial charge in [0, 0.05) is 37.5 Å². The number of hydrogen-bond donors (Lipinski definition) is 1. The van der Waals surface area contributed by atoms with Crippen LogP contribution < -0.4 is 10.1 Å². The first-order valence-corrected chi connectivity index (χ1v) is 10.2. The van der Waals surface area contributed by atoms with Crippen molar-refractivity contribution in [3.8, 4) is 5.88 Å². The minimum absolute atomic E-state index is 0.0116. The standard InChI is InChI=1S/C22H26N4O3/c27-20-12-17(14-26(20)15-18-7-3-4-10-23-18)21(28)25-13-16-6-5-11-24-22(16)29-19-8-1-2-9-19/h3-7,10-11,17,19H,1-2,8-9,12-15H2,(H,25,28)/t17-/m1/s1. The number of hydrogen-bond acceptors (Lipinski definition) is 5. The van der Waals surface area contributed by atoms with Crippen LogP contribution in [0.2, 0.25) is 0 Å². The summed E-state index contributed by atoms with van der Waals surface area (Å²) in [4.78, 5) is 35.3. The second-order valence-corrected chi connectivity index (χ2v) is 7.71. The molecular weight excluding hydrogens is 368 g/mol. The zero-order valence-corrected chi connectivity index (χ0v) is 16.4. The number of carbonyl (C=O) groups excluding carboxylic acids is 2. The summed E-state index contributed by atoms with van der Waals surface area (Å²) in [6.45, 7) is 1.20. The van der Waals surface area contributed by atoms with Crippen molar-refractivity contribution in [3.63, 3.8) is 0 Å². The summed E-state index contributed by atoms with van der Waals surface area (Å²) in [7, 11) is 0. The van der Waals surface area contributed by atoms with Gasteiger partial charge in [0.2, 0.25) is 17.7 Å². The van der Waals surface area contributed by atoms with Gasteiger partial charge in [-0.25, -0.2) is 4.98 Å². The molecule has 0 aromatic carbocycles. The average Bonchev–Trinajstić information content (AvgIpc) is 3.38. The van der Waals surface area contributed by atoms with Gasteiger partial charge < -0.3 is 15.0 Å². The lowest BCUT2D eigenvalue weighted by Gasteiger charge is -2.17. The van der Waals surface area contributed by atoms with Crippen molar-refractivity contribution in [2.75, 3.05) is 6.54 Å². The molecule has 1 N–H and O–H groups in total. The fourth-order valence-corrected chi connectivity index (χ4v) is 3.94. The molecule has 1 aliphatic heterocycles. The zero-order chi connectivity index (χ0) is 20.1. The van der Waals surface area contributed by atoms with Crippen molar-refractivity contribution in [3.05, 3.63) is 54.0 Å². The second-order valence-electron chi connectivity index (χ2n) is 7.71. The Morgan fingerprint density at radius 3 is 2.76 bits per heavy atom. The van der Waals surface area contributed by atoms with Crippen molar-refractivity contribution in [1.29, 1.82) is 0 Å². The van der Waals surface area contributed by atoms with E-state index in [1.165, 1.54) is 12.8 Å². The van der Waals surface area contributed by atoms with Gasteiger partial charge >= 0.3 is 0 Å². The van der Waals surface area contributed by atoms with Crippen molar-refractivity contribution < 1.29 is 14.3 Å². The molecular formula is C22H26N4O3. The van der Waals surface area contributed by atoms with Crippen LogP contribution in [0.5, 0.6) is 5.88 Å². The van der Waals surface area contributed by atoms with E-state index < -0.39 is 0 Å². The lowest BCUT2D eigenvalue weighted by Crippen LogP contribution is -2.32. The van der Waals surface area contributed by atoms with Crippen LogP contribution in [0, 0.1) is 5.92 Å². The maximum Gasteiger partial charge on any atom is 0.225 e. The van der Waals surface area contributed by atoms with Gasteiger partial charge in [0.05, 0.1) is 18.2 Å². The topological polar surface area (TPSA) is 84.4 Å². The second kappa shape index (κ2) is 9.03. The molecule has 1 saturated heterocycles. The molecule has 1 atom stereocenters. The van der Waals surface area contributed by atoms with Gasteiger partial charge in [0.1, 0.15) is 6.10 Å². The normalized spacial score (nSPS) is 19.5. The number of pyridine rings is 2. The van der Waals surface area contributed by atoms with Gasteiger partial charge in [-0.3, -0.25) is 14.6 Å². The van der Waals surface area contributed by atoms with E-state index in [0.29, 0.717) is 25.5 Å². The van der Waals surface area contributed by atoms with Gasteiger partial charge in [-0.15, -0.1) is 0 Å². The highest BCUT2D eigenvalue weighted by atomic mass is 16.5. The van der Waals surface area contributed by atoms with E-state index >= 15 is 0 Å².